The first kappa shape index (κ1) is 17.9. The van der Waals surface area contributed by atoms with Crippen LogP contribution in [0.25, 0.3) is 0 Å². The van der Waals surface area contributed by atoms with Crippen LogP contribution in [0.3, 0.4) is 0 Å². The highest BCUT2D eigenvalue weighted by atomic mass is 35.5. The summed E-state index contributed by atoms with van der Waals surface area (Å²) in [6.45, 7) is 8.33. The Morgan fingerprint density at radius 2 is 2.05 bits per heavy atom. The number of aromatic nitrogens is 2. The van der Waals surface area contributed by atoms with E-state index in [1.54, 1.807) is 4.90 Å². The van der Waals surface area contributed by atoms with Crippen LogP contribution in [0.15, 0.2) is 0 Å². The van der Waals surface area contributed by atoms with Gasteiger partial charge in [-0.2, -0.15) is 5.10 Å². The molecule has 1 aromatic heterocycles. The molecule has 0 saturated carbocycles. The molecule has 0 aliphatic rings. The van der Waals surface area contributed by atoms with Gasteiger partial charge in [0.25, 0.3) is 5.91 Å². The van der Waals surface area contributed by atoms with E-state index in [2.05, 4.69) is 17.3 Å². The minimum atomic E-state index is 0. The molecule has 5 nitrogen and oxygen atoms in total. The Morgan fingerprint density at radius 3 is 2.58 bits per heavy atom. The van der Waals surface area contributed by atoms with Crippen molar-refractivity contribution in [1.82, 2.24) is 20.0 Å². The predicted molar refractivity (Wildman–Crippen MR) is 80.1 cm³/mol. The van der Waals surface area contributed by atoms with Crippen molar-refractivity contribution in [3.05, 3.63) is 17.0 Å². The Hall–Kier alpha value is -1.07. The lowest BCUT2D eigenvalue weighted by molar-refractivity contribution is 0.0795. The third-order valence-electron chi connectivity index (χ3n) is 3.07. The Bertz CT molecular complexity index is 417. The second-order valence-corrected chi connectivity index (χ2v) is 4.60. The smallest absolute Gasteiger partial charge is 0.257 e. The third kappa shape index (κ3) is 4.21. The molecule has 0 aromatic carbocycles. The maximum atomic E-state index is 12.4. The summed E-state index contributed by atoms with van der Waals surface area (Å²) in [5, 5.41) is 7.48. The molecule has 1 aromatic rings. The van der Waals surface area contributed by atoms with Crippen LogP contribution in [0, 0.1) is 13.8 Å². The zero-order valence-electron chi connectivity index (χ0n) is 12.5. The summed E-state index contributed by atoms with van der Waals surface area (Å²) >= 11 is 0. The molecule has 0 spiro atoms. The predicted octanol–water partition coefficient (Wildman–Crippen LogP) is 1.62. The number of rotatable bonds is 6. The van der Waals surface area contributed by atoms with Crippen LogP contribution in [0.4, 0.5) is 0 Å². The van der Waals surface area contributed by atoms with Crippen molar-refractivity contribution in [3.8, 4) is 0 Å². The fourth-order valence-electron chi connectivity index (χ4n) is 2.01. The van der Waals surface area contributed by atoms with Crippen molar-refractivity contribution < 1.29 is 4.79 Å². The van der Waals surface area contributed by atoms with Crippen LogP contribution < -0.4 is 5.32 Å². The van der Waals surface area contributed by atoms with Crippen LogP contribution in [0.1, 0.15) is 35.1 Å². The maximum Gasteiger partial charge on any atom is 0.257 e. The summed E-state index contributed by atoms with van der Waals surface area (Å²) in [6.07, 6.45) is 1.02. The first-order valence-electron chi connectivity index (χ1n) is 6.47. The van der Waals surface area contributed by atoms with Crippen molar-refractivity contribution in [2.24, 2.45) is 0 Å². The number of nitrogens with zero attached hydrogens (tertiary/aromatic N) is 3. The van der Waals surface area contributed by atoms with Gasteiger partial charge in [-0.25, -0.2) is 0 Å². The van der Waals surface area contributed by atoms with Gasteiger partial charge in [-0.15, -0.1) is 12.4 Å². The lowest BCUT2D eigenvalue weighted by Crippen LogP contribution is -2.33. The van der Waals surface area contributed by atoms with E-state index in [0.717, 1.165) is 36.5 Å². The number of amides is 1. The van der Waals surface area contributed by atoms with E-state index in [0.29, 0.717) is 6.54 Å². The summed E-state index contributed by atoms with van der Waals surface area (Å²) < 4.78 is 1.93. The van der Waals surface area contributed by atoms with Crippen LogP contribution >= 0.6 is 12.4 Å². The average Bonchev–Trinajstić information content (AvgIpc) is 2.61. The van der Waals surface area contributed by atoms with Gasteiger partial charge in [0, 0.05) is 32.4 Å². The number of aryl methyl sites for hydroxylation is 2. The summed E-state index contributed by atoms with van der Waals surface area (Å²) in [5.41, 5.74) is 2.54. The second kappa shape index (κ2) is 8.17. The molecule has 19 heavy (non-hydrogen) atoms. The molecule has 0 atom stereocenters. The molecular formula is C13H25ClN4O. The molecule has 0 radical (unpaired) electrons. The topological polar surface area (TPSA) is 50.2 Å². The van der Waals surface area contributed by atoms with Crippen molar-refractivity contribution in [2.45, 2.75) is 33.7 Å². The number of carbonyl (C=O) groups is 1. The fourth-order valence-corrected chi connectivity index (χ4v) is 2.01. The number of hydrogen-bond acceptors (Lipinski definition) is 3. The van der Waals surface area contributed by atoms with Crippen LogP contribution in [0.2, 0.25) is 0 Å². The van der Waals surface area contributed by atoms with Crippen LogP contribution in [-0.2, 0) is 6.54 Å². The van der Waals surface area contributed by atoms with Gasteiger partial charge >= 0.3 is 0 Å². The molecule has 1 N–H and O–H groups in total. The number of carbonyl (C=O) groups excluding carboxylic acids is 1. The Morgan fingerprint density at radius 1 is 1.42 bits per heavy atom. The van der Waals surface area contributed by atoms with Gasteiger partial charge in [0.05, 0.1) is 11.3 Å². The first-order chi connectivity index (χ1) is 8.52. The van der Waals surface area contributed by atoms with E-state index in [4.69, 9.17) is 0 Å². The number of halogens is 1. The Balaban J connectivity index is 0.00000324. The van der Waals surface area contributed by atoms with Crippen molar-refractivity contribution in [1.29, 1.82) is 0 Å². The van der Waals surface area contributed by atoms with Crippen LogP contribution in [-0.4, -0.2) is 47.8 Å². The molecule has 0 aliphatic carbocycles. The standard InChI is InChI=1S/C13H24N4O.ClH/c1-6-8-17-11(3)12(10(2)15-17)13(18)16(5)9-7-14-4;/h14H,6-9H2,1-5H3;1H. The summed E-state index contributed by atoms with van der Waals surface area (Å²) in [4.78, 5) is 14.1. The minimum Gasteiger partial charge on any atom is -0.340 e. The summed E-state index contributed by atoms with van der Waals surface area (Å²) in [5.74, 6) is 0.0580. The van der Waals surface area contributed by atoms with Gasteiger partial charge in [-0.05, 0) is 27.3 Å². The average molecular weight is 289 g/mol. The molecule has 1 heterocycles. The molecule has 0 aliphatic heterocycles. The number of nitrogens with one attached hydrogen (secondary N) is 1. The Labute approximate surface area is 121 Å². The molecule has 1 amide bonds. The summed E-state index contributed by atoms with van der Waals surface area (Å²) in [7, 11) is 3.71. The quantitative estimate of drug-likeness (QED) is 0.865. The molecule has 1 rings (SSSR count). The minimum absolute atomic E-state index is 0. The third-order valence-corrected chi connectivity index (χ3v) is 3.07. The molecule has 0 bridgehead atoms. The van der Waals surface area contributed by atoms with E-state index in [9.17, 15) is 4.79 Å². The van der Waals surface area contributed by atoms with Crippen molar-refractivity contribution in [3.63, 3.8) is 0 Å². The zero-order valence-corrected chi connectivity index (χ0v) is 13.3. The van der Waals surface area contributed by atoms with Crippen molar-refractivity contribution in [2.75, 3.05) is 27.2 Å². The molecule has 0 saturated heterocycles. The normalized spacial score (nSPS) is 10.2. The van der Waals surface area contributed by atoms with Gasteiger partial charge < -0.3 is 10.2 Å². The van der Waals surface area contributed by atoms with Gasteiger partial charge in [0.15, 0.2) is 0 Å². The second-order valence-electron chi connectivity index (χ2n) is 4.60. The SMILES string of the molecule is CCCn1nc(C)c(C(=O)N(C)CCNC)c1C.Cl. The molecule has 110 valence electrons. The first-order valence-corrected chi connectivity index (χ1v) is 6.47. The van der Waals surface area contributed by atoms with Gasteiger partial charge in [-0.1, -0.05) is 6.92 Å². The van der Waals surface area contributed by atoms with Crippen LogP contribution in [0.5, 0.6) is 0 Å². The van der Waals surface area contributed by atoms with E-state index in [-0.39, 0.29) is 18.3 Å². The van der Waals surface area contributed by atoms with Gasteiger partial charge in [-0.3, -0.25) is 9.48 Å². The summed E-state index contributed by atoms with van der Waals surface area (Å²) in [6, 6.07) is 0. The monoisotopic (exact) mass is 288 g/mol. The Kier molecular flexibility index (Phi) is 7.71. The number of likely N-dealkylation sites (N-methyl/N-ethyl adjacent to an activating group) is 2. The van der Waals surface area contributed by atoms with E-state index < -0.39 is 0 Å². The highest BCUT2D eigenvalue weighted by Crippen LogP contribution is 2.15. The largest absolute Gasteiger partial charge is 0.340 e. The van der Waals surface area contributed by atoms with Crippen molar-refractivity contribution >= 4 is 18.3 Å². The maximum absolute atomic E-state index is 12.4. The highest BCUT2D eigenvalue weighted by molar-refractivity contribution is 5.96. The fraction of sp³-hybridized carbons (Fsp3) is 0.692. The molecule has 0 unspecified atom stereocenters. The highest BCUT2D eigenvalue weighted by Gasteiger charge is 2.20. The lowest BCUT2D eigenvalue weighted by atomic mass is 10.1. The van der Waals surface area contributed by atoms with E-state index in [1.807, 2.05) is 32.6 Å². The lowest BCUT2D eigenvalue weighted by Gasteiger charge is -2.17. The van der Waals surface area contributed by atoms with E-state index in [1.165, 1.54) is 0 Å². The molecular weight excluding hydrogens is 264 g/mol. The molecule has 6 heteroatoms. The van der Waals surface area contributed by atoms with E-state index >= 15 is 0 Å². The molecule has 0 fully saturated rings. The zero-order chi connectivity index (χ0) is 13.7. The van der Waals surface area contributed by atoms with Gasteiger partial charge in [0.2, 0.25) is 0 Å². The van der Waals surface area contributed by atoms with Gasteiger partial charge in [0.1, 0.15) is 0 Å². The number of hydrogen-bond donors (Lipinski definition) is 1.